The van der Waals surface area contributed by atoms with E-state index in [0.29, 0.717) is 0 Å². The van der Waals surface area contributed by atoms with Crippen molar-refractivity contribution in [2.24, 2.45) is 3.21 Å². The van der Waals surface area contributed by atoms with Crippen LogP contribution in [0.4, 0.5) is 0 Å². The number of isocyanates is 1. The number of hydrogen-bond donors (Lipinski definition) is 0. The maximum absolute atomic E-state index is 9.14. The zero-order valence-electron chi connectivity index (χ0n) is 2.73. The van der Waals surface area contributed by atoms with Crippen molar-refractivity contribution < 1.29 is 26.3 Å². The quantitative estimate of drug-likeness (QED) is 0.184. The Bertz CT molecular complexity index is 56.7. The van der Waals surface area contributed by atoms with E-state index in [2.05, 4.69) is 3.21 Å². The second-order valence-corrected chi connectivity index (χ2v) is 1.79. The van der Waals surface area contributed by atoms with Crippen LogP contribution in [0.25, 0.3) is 0 Å². The molecule has 0 aliphatic rings. The fourth-order valence-corrected chi connectivity index (χ4v) is 0.231. The van der Waals surface area contributed by atoms with E-state index < -0.39 is 0 Å². The van der Waals surface area contributed by atoms with Gasteiger partial charge in [-0.1, -0.05) is 0 Å². The van der Waals surface area contributed by atoms with Gasteiger partial charge >= 0.3 is 40.5 Å². The molecule has 0 unspecified atom stereocenters. The average Bonchev–Trinajstić information content (AvgIpc) is 1.41. The molecule has 0 saturated heterocycles. The Labute approximate surface area is 40.9 Å². The minimum absolute atomic E-state index is 0.191. The molecule has 0 spiro atoms. The molecule has 0 aromatic heterocycles. The van der Waals surface area contributed by atoms with Crippen LogP contribution in [0.3, 0.4) is 0 Å². The number of nitrogens with zero attached hydrogens (tertiary/aromatic N) is 1. The summed E-state index contributed by atoms with van der Waals surface area (Å²) in [7, 11) is 0. The number of hydrogen-bond acceptors (Lipinski definition) is 2. The van der Waals surface area contributed by atoms with Crippen LogP contribution >= 0.6 is 0 Å². The number of halogens is 1. The summed E-state index contributed by atoms with van der Waals surface area (Å²) < 4.78 is 3.28. The van der Waals surface area contributed by atoms with Gasteiger partial charge in [0, 0.05) is 0 Å². The number of rotatable bonds is 1. The molecule has 0 atom stereocenters. The molecular formula is C2H3INO-. The molecule has 0 aromatic rings. The third-order valence-electron chi connectivity index (χ3n) is 0.119. The maximum atomic E-state index is 9.14. The van der Waals surface area contributed by atoms with E-state index >= 15 is 0 Å². The molecule has 0 aliphatic carbocycles. The van der Waals surface area contributed by atoms with Crippen molar-refractivity contribution in [2.45, 2.75) is 0 Å². The summed E-state index contributed by atoms with van der Waals surface area (Å²) in [6, 6.07) is 0. The van der Waals surface area contributed by atoms with Crippen LogP contribution in [-0.4, -0.2) is 11.0 Å². The molecule has 2 nitrogen and oxygen atoms in total. The monoisotopic (exact) mass is 184 g/mol. The molecule has 0 saturated carbocycles. The van der Waals surface area contributed by atoms with Gasteiger partial charge in [0.2, 0.25) is 0 Å². The normalized spacial score (nSPS) is 6.60. The van der Waals surface area contributed by atoms with E-state index in [1.807, 2.05) is 4.93 Å². The zero-order chi connectivity index (χ0) is 4.12. The van der Waals surface area contributed by atoms with E-state index in [-0.39, 0.29) is 21.5 Å². The van der Waals surface area contributed by atoms with Gasteiger partial charge in [-0.15, -0.1) is 0 Å². The zero-order valence-corrected chi connectivity index (χ0v) is 4.89. The Hall–Kier alpha value is 0.110. The number of carbonyl (C=O) groups excluding carboxylic acids is 1. The van der Waals surface area contributed by atoms with Crippen LogP contribution < -0.4 is 21.5 Å². The second-order valence-electron chi connectivity index (χ2n) is 0.345. The molecule has 0 radical (unpaired) electrons. The van der Waals surface area contributed by atoms with Crippen LogP contribution in [0.1, 0.15) is 0 Å². The second kappa shape index (κ2) is 4.11. The van der Waals surface area contributed by atoms with Crippen LogP contribution in [0.2, 0.25) is 0 Å². The van der Waals surface area contributed by atoms with Crippen LogP contribution in [0, 0.1) is 0 Å². The van der Waals surface area contributed by atoms with Crippen molar-refractivity contribution in [3.63, 3.8) is 0 Å². The Balaban J connectivity index is 2.93. The number of alkyl halides is 1. The van der Waals surface area contributed by atoms with Crippen LogP contribution in [-0.2, 0) is 4.79 Å². The molecular weight excluding hydrogens is 181 g/mol. The van der Waals surface area contributed by atoms with E-state index in [1.54, 1.807) is 0 Å². The van der Waals surface area contributed by atoms with E-state index in [1.165, 1.54) is 6.08 Å². The van der Waals surface area contributed by atoms with Gasteiger partial charge in [-0.3, -0.25) is 0 Å². The van der Waals surface area contributed by atoms with Crippen molar-refractivity contribution >= 4 is 6.08 Å². The summed E-state index contributed by atoms with van der Waals surface area (Å²) >= 11 is -0.191. The minimum atomic E-state index is -0.191. The first kappa shape index (κ1) is 5.11. The van der Waals surface area contributed by atoms with Gasteiger partial charge in [0.15, 0.2) is 0 Å². The molecule has 5 heavy (non-hydrogen) atoms. The fraction of sp³-hybridized carbons (Fsp3) is 0.500. The van der Waals surface area contributed by atoms with Crippen LogP contribution in [0.5, 0.6) is 0 Å². The molecule has 0 aliphatic heterocycles. The van der Waals surface area contributed by atoms with Gasteiger partial charge in [-0.2, -0.15) is 0 Å². The summed E-state index contributed by atoms with van der Waals surface area (Å²) in [6.07, 6.45) is 1.44. The summed E-state index contributed by atoms with van der Waals surface area (Å²) in [5, 5.41) is 0. The van der Waals surface area contributed by atoms with Gasteiger partial charge in [0.1, 0.15) is 0 Å². The third kappa shape index (κ3) is 4.11. The van der Waals surface area contributed by atoms with Crippen molar-refractivity contribution in [1.29, 1.82) is 0 Å². The van der Waals surface area contributed by atoms with Gasteiger partial charge in [0.05, 0.1) is 0 Å². The van der Waals surface area contributed by atoms with Crippen molar-refractivity contribution in [2.75, 3.05) is 4.93 Å². The predicted octanol–water partition coefficient (Wildman–Crippen LogP) is -3.04. The Morgan fingerprint density at radius 2 is 2.60 bits per heavy atom. The van der Waals surface area contributed by atoms with Gasteiger partial charge in [-0.25, -0.2) is 0 Å². The standard InChI is InChI=1S/C2H3INO/c1-3-4-2-5/h1H3/q-1. The Morgan fingerprint density at radius 3 is 2.60 bits per heavy atom. The molecule has 0 heterocycles. The topological polar surface area (TPSA) is 29.4 Å². The molecule has 0 rings (SSSR count). The first-order valence-corrected chi connectivity index (χ1v) is 4.10. The Kier molecular flexibility index (Phi) is 4.20. The fourth-order valence-electron chi connectivity index (χ4n) is 0.0345. The molecule has 0 bridgehead atoms. The van der Waals surface area contributed by atoms with Gasteiger partial charge in [0.25, 0.3) is 0 Å². The van der Waals surface area contributed by atoms with Gasteiger partial charge < -0.3 is 0 Å². The molecule has 0 N–H and O–H groups in total. The average molecular weight is 184 g/mol. The molecule has 30 valence electrons. The van der Waals surface area contributed by atoms with E-state index in [4.69, 9.17) is 4.79 Å². The van der Waals surface area contributed by atoms with Crippen LogP contribution in [0.15, 0.2) is 3.21 Å². The third-order valence-corrected chi connectivity index (χ3v) is 0.798. The first-order valence-electron chi connectivity index (χ1n) is 0.975. The van der Waals surface area contributed by atoms with E-state index in [0.717, 1.165) is 0 Å². The molecule has 0 amide bonds. The van der Waals surface area contributed by atoms with Gasteiger partial charge in [-0.05, 0) is 0 Å². The van der Waals surface area contributed by atoms with Crippen molar-refractivity contribution in [3.05, 3.63) is 0 Å². The summed E-state index contributed by atoms with van der Waals surface area (Å²) in [5.41, 5.74) is 0. The first-order chi connectivity index (χ1) is 2.41. The molecule has 0 fully saturated rings. The predicted molar refractivity (Wildman–Crippen MR) is 14.0 cm³/mol. The summed E-state index contributed by atoms with van der Waals surface area (Å²) in [4.78, 5) is 11.0. The van der Waals surface area contributed by atoms with E-state index in [9.17, 15) is 0 Å². The molecule has 0 aromatic carbocycles. The molecule has 3 heteroatoms. The SMILES string of the molecule is C[I-]N=C=O. The Morgan fingerprint density at radius 1 is 2.00 bits per heavy atom. The summed E-state index contributed by atoms with van der Waals surface area (Å²) in [5.74, 6) is 0. The summed E-state index contributed by atoms with van der Waals surface area (Å²) in [6.45, 7) is 0. The van der Waals surface area contributed by atoms with Crippen molar-refractivity contribution in [3.8, 4) is 0 Å². The van der Waals surface area contributed by atoms with Crippen molar-refractivity contribution in [1.82, 2.24) is 0 Å².